The van der Waals surface area contributed by atoms with Crippen molar-refractivity contribution in [1.82, 2.24) is 5.43 Å². The van der Waals surface area contributed by atoms with Crippen molar-refractivity contribution in [3.05, 3.63) is 51.5 Å². The Labute approximate surface area is 151 Å². The van der Waals surface area contributed by atoms with Crippen molar-refractivity contribution in [2.24, 2.45) is 5.10 Å². The Morgan fingerprint density at radius 2 is 2.12 bits per heavy atom. The molecule has 8 heteroatoms. The number of hydrogen-bond acceptors (Lipinski definition) is 5. The van der Waals surface area contributed by atoms with Gasteiger partial charge in [-0.05, 0) is 40.2 Å². The monoisotopic (exact) mass is 410 g/mol. The third-order valence-electron chi connectivity index (χ3n) is 3.24. The highest BCUT2D eigenvalue weighted by Gasteiger charge is 2.27. The summed E-state index contributed by atoms with van der Waals surface area (Å²) < 4.78 is 11.5. The predicted molar refractivity (Wildman–Crippen MR) is 92.9 cm³/mol. The third kappa shape index (κ3) is 3.63. The second kappa shape index (κ2) is 7.11. The van der Waals surface area contributed by atoms with Crippen LogP contribution in [0.4, 0.5) is 0 Å². The van der Waals surface area contributed by atoms with Gasteiger partial charge in [-0.25, -0.2) is 5.43 Å². The number of benzene rings is 2. The van der Waals surface area contributed by atoms with E-state index in [2.05, 4.69) is 26.5 Å². The number of amides is 1. The van der Waals surface area contributed by atoms with Gasteiger partial charge in [0.05, 0.1) is 10.7 Å². The molecule has 1 aliphatic rings. The minimum Gasteiger partial charge on any atom is -0.506 e. The van der Waals surface area contributed by atoms with Crippen LogP contribution >= 0.6 is 27.5 Å². The second-order valence-corrected chi connectivity index (χ2v) is 6.21. The molecule has 0 fully saturated rings. The normalized spacial score (nSPS) is 16.2. The van der Waals surface area contributed by atoms with Crippen molar-refractivity contribution in [1.29, 1.82) is 0 Å². The van der Waals surface area contributed by atoms with E-state index in [1.807, 2.05) is 6.07 Å². The number of ether oxygens (including phenoxy) is 2. The largest absolute Gasteiger partial charge is 0.506 e. The zero-order chi connectivity index (χ0) is 17.1. The topological polar surface area (TPSA) is 80.2 Å². The number of phenolic OH excluding ortho intramolecular Hbond substituents is 1. The Bertz CT molecular complexity index is 813. The third-order valence-corrected chi connectivity index (χ3v) is 4.06. The van der Waals surface area contributed by atoms with E-state index in [0.717, 1.165) is 0 Å². The van der Waals surface area contributed by atoms with Gasteiger partial charge in [0.2, 0.25) is 6.10 Å². The molecular weight excluding hydrogens is 400 g/mol. The van der Waals surface area contributed by atoms with E-state index in [1.165, 1.54) is 12.3 Å². The Morgan fingerprint density at radius 1 is 1.38 bits per heavy atom. The minimum absolute atomic E-state index is 0.0245. The highest BCUT2D eigenvalue weighted by molar-refractivity contribution is 9.10. The van der Waals surface area contributed by atoms with Gasteiger partial charge in [-0.15, -0.1) is 0 Å². The molecule has 0 bridgehead atoms. The molecule has 0 unspecified atom stereocenters. The summed E-state index contributed by atoms with van der Waals surface area (Å²) in [6.45, 7) is 0.0896. The molecule has 2 aromatic rings. The van der Waals surface area contributed by atoms with Crippen LogP contribution in [0.3, 0.4) is 0 Å². The maximum Gasteiger partial charge on any atom is 0.284 e. The first-order valence-corrected chi connectivity index (χ1v) is 8.11. The van der Waals surface area contributed by atoms with Crippen LogP contribution < -0.4 is 14.9 Å². The molecule has 0 saturated carbocycles. The van der Waals surface area contributed by atoms with Crippen LogP contribution in [0.25, 0.3) is 0 Å². The van der Waals surface area contributed by atoms with Crippen LogP contribution in [0.1, 0.15) is 5.56 Å². The number of hydrazone groups is 1. The van der Waals surface area contributed by atoms with Gasteiger partial charge in [0.25, 0.3) is 5.91 Å². The van der Waals surface area contributed by atoms with Crippen molar-refractivity contribution >= 4 is 39.7 Å². The number of rotatable bonds is 3. The average Bonchev–Trinajstić information content (AvgIpc) is 2.58. The number of hydrogen-bond donors (Lipinski definition) is 2. The summed E-state index contributed by atoms with van der Waals surface area (Å²) in [4.78, 5) is 12.1. The molecule has 0 saturated heterocycles. The quantitative estimate of drug-likeness (QED) is 0.601. The second-order valence-electron chi connectivity index (χ2n) is 4.92. The molecule has 2 aromatic carbocycles. The van der Waals surface area contributed by atoms with Gasteiger partial charge in [-0.3, -0.25) is 4.79 Å². The lowest BCUT2D eigenvalue weighted by atomic mass is 10.2. The SMILES string of the molecule is O=C(NN=Cc1cc(Cl)cc(Br)c1O)[C@H]1COc2ccccc2O1. The summed E-state index contributed by atoms with van der Waals surface area (Å²) in [5.41, 5.74) is 2.72. The maximum atomic E-state index is 12.1. The molecule has 1 heterocycles. The van der Waals surface area contributed by atoms with Crippen LogP contribution in [-0.2, 0) is 4.79 Å². The first-order chi connectivity index (χ1) is 11.5. The van der Waals surface area contributed by atoms with Crippen molar-refractivity contribution in [2.75, 3.05) is 6.61 Å². The molecule has 0 aliphatic carbocycles. The number of fused-ring (bicyclic) bond motifs is 1. The van der Waals surface area contributed by atoms with E-state index < -0.39 is 12.0 Å². The highest BCUT2D eigenvalue weighted by atomic mass is 79.9. The lowest BCUT2D eigenvalue weighted by Crippen LogP contribution is -2.42. The van der Waals surface area contributed by atoms with E-state index in [9.17, 15) is 9.90 Å². The summed E-state index contributed by atoms with van der Waals surface area (Å²) in [6.07, 6.45) is 0.485. The van der Waals surface area contributed by atoms with Crippen molar-refractivity contribution in [3.63, 3.8) is 0 Å². The molecule has 2 N–H and O–H groups in total. The Hall–Kier alpha value is -2.25. The van der Waals surface area contributed by atoms with Crippen LogP contribution in [0.5, 0.6) is 17.2 Å². The lowest BCUT2D eigenvalue weighted by molar-refractivity contribution is -0.130. The number of carbonyl (C=O) groups is 1. The zero-order valence-electron chi connectivity index (χ0n) is 12.2. The molecule has 0 spiro atoms. The molecule has 0 radical (unpaired) electrons. The van der Waals surface area contributed by atoms with Crippen LogP contribution in [0.15, 0.2) is 46.0 Å². The maximum absolute atomic E-state index is 12.1. The first-order valence-electron chi connectivity index (χ1n) is 6.94. The fraction of sp³-hybridized carbons (Fsp3) is 0.125. The minimum atomic E-state index is -0.809. The van der Waals surface area contributed by atoms with E-state index in [4.69, 9.17) is 21.1 Å². The van der Waals surface area contributed by atoms with Gasteiger partial charge in [-0.2, -0.15) is 5.10 Å². The molecule has 0 aromatic heterocycles. The molecule has 6 nitrogen and oxygen atoms in total. The number of halogens is 2. The summed E-state index contributed by atoms with van der Waals surface area (Å²) in [6, 6.07) is 10.2. The number of nitrogens with one attached hydrogen (secondary N) is 1. The van der Waals surface area contributed by atoms with Gasteiger partial charge < -0.3 is 14.6 Å². The number of para-hydroxylation sites is 2. The Morgan fingerprint density at radius 3 is 2.92 bits per heavy atom. The van der Waals surface area contributed by atoms with Crippen molar-refractivity contribution in [3.8, 4) is 17.2 Å². The van der Waals surface area contributed by atoms with E-state index in [-0.39, 0.29) is 12.4 Å². The lowest BCUT2D eigenvalue weighted by Gasteiger charge is -2.24. The van der Waals surface area contributed by atoms with Gasteiger partial charge in [0.15, 0.2) is 11.5 Å². The molecule has 1 atom stereocenters. The molecule has 3 rings (SSSR count). The molecule has 124 valence electrons. The predicted octanol–water partition coefficient (Wildman–Crippen LogP) is 3.10. The summed E-state index contributed by atoms with van der Waals surface area (Å²) in [7, 11) is 0. The van der Waals surface area contributed by atoms with Crippen LogP contribution in [0.2, 0.25) is 5.02 Å². The number of nitrogens with zero attached hydrogens (tertiary/aromatic N) is 1. The molecule has 1 aliphatic heterocycles. The van der Waals surface area contributed by atoms with E-state index in [0.29, 0.717) is 26.6 Å². The molecular formula is C16H12BrClN2O4. The fourth-order valence-electron chi connectivity index (χ4n) is 2.07. The standard InChI is InChI=1S/C16H12BrClN2O4/c17-11-6-10(18)5-9(15(11)21)7-19-20-16(22)14-8-23-12-3-1-2-4-13(12)24-14/h1-7,14,21H,8H2,(H,20,22)/t14-/m1/s1. The fourth-order valence-corrected chi connectivity index (χ4v) is 2.90. The van der Waals surface area contributed by atoms with Crippen LogP contribution in [0, 0.1) is 0 Å². The first kappa shape index (κ1) is 16.6. The number of aromatic hydroxyl groups is 1. The van der Waals surface area contributed by atoms with Crippen molar-refractivity contribution in [2.45, 2.75) is 6.10 Å². The summed E-state index contributed by atoms with van der Waals surface area (Å²) >= 11 is 9.08. The van der Waals surface area contributed by atoms with Gasteiger partial charge in [0, 0.05) is 10.6 Å². The highest BCUT2D eigenvalue weighted by Crippen LogP contribution is 2.31. The summed E-state index contributed by atoms with van der Waals surface area (Å²) in [5, 5.41) is 14.1. The van der Waals surface area contributed by atoms with E-state index >= 15 is 0 Å². The molecule has 24 heavy (non-hydrogen) atoms. The molecule has 1 amide bonds. The average molecular weight is 412 g/mol. The Balaban J connectivity index is 1.64. The van der Waals surface area contributed by atoms with Crippen LogP contribution in [-0.4, -0.2) is 29.9 Å². The smallest absolute Gasteiger partial charge is 0.284 e. The number of carbonyl (C=O) groups excluding carboxylic acids is 1. The van der Waals surface area contributed by atoms with E-state index in [1.54, 1.807) is 24.3 Å². The Kier molecular flexibility index (Phi) is 4.92. The van der Waals surface area contributed by atoms with Gasteiger partial charge in [-0.1, -0.05) is 23.7 Å². The summed E-state index contributed by atoms with van der Waals surface area (Å²) in [5.74, 6) is 0.618. The van der Waals surface area contributed by atoms with Gasteiger partial charge >= 0.3 is 0 Å². The van der Waals surface area contributed by atoms with Gasteiger partial charge in [0.1, 0.15) is 12.4 Å². The number of phenols is 1. The zero-order valence-corrected chi connectivity index (χ0v) is 14.5. The van der Waals surface area contributed by atoms with Crippen molar-refractivity contribution < 1.29 is 19.4 Å².